The van der Waals surface area contributed by atoms with Crippen LogP contribution in [0.3, 0.4) is 0 Å². The second-order valence-electron chi connectivity index (χ2n) is 12.8. The maximum atomic E-state index is 13.7. The maximum absolute atomic E-state index is 13.7. The Bertz CT molecular complexity index is 2120. The minimum absolute atomic E-state index is 0.00438. The van der Waals surface area contributed by atoms with Gasteiger partial charge in [0.15, 0.2) is 11.3 Å². The van der Waals surface area contributed by atoms with Crippen LogP contribution in [-0.4, -0.2) is 98.7 Å². The van der Waals surface area contributed by atoms with E-state index in [0.29, 0.717) is 91.4 Å². The highest BCUT2D eigenvalue weighted by Crippen LogP contribution is 2.39. The lowest BCUT2D eigenvalue weighted by atomic mass is 9.83. The molecule has 2 aliphatic heterocycles. The molecule has 8 rings (SSSR count). The molecule has 4 aromatic heterocycles. The summed E-state index contributed by atoms with van der Waals surface area (Å²) in [5.41, 5.74) is 4.33. The van der Waals surface area contributed by atoms with Crippen LogP contribution < -0.4 is 20.1 Å². The number of ether oxygens (including phenoxy) is 3. The van der Waals surface area contributed by atoms with Gasteiger partial charge in [0.25, 0.3) is 5.91 Å². The van der Waals surface area contributed by atoms with E-state index in [2.05, 4.69) is 31.7 Å². The van der Waals surface area contributed by atoms with Gasteiger partial charge < -0.3 is 29.7 Å². The molecule has 0 radical (unpaired) electrons. The third-order valence-electron chi connectivity index (χ3n) is 9.71. The average molecular weight is 677 g/mol. The zero-order valence-electron chi connectivity index (χ0n) is 27.5. The van der Waals surface area contributed by atoms with Crippen LogP contribution >= 0.6 is 0 Å². The van der Waals surface area contributed by atoms with Crippen LogP contribution in [0.1, 0.15) is 36.2 Å². The van der Waals surface area contributed by atoms with Crippen LogP contribution in [0.5, 0.6) is 11.5 Å². The van der Waals surface area contributed by atoms with E-state index in [9.17, 15) is 9.59 Å². The van der Waals surface area contributed by atoms with Crippen molar-refractivity contribution in [3.63, 3.8) is 0 Å². The minimum Gasteiger partial charge on any atom is -0.494 e. The fraction of sp³-hybridized carbons (Fsp3) is 0.400. The van der Waals surface area contributed by atoms with E-state index >= 15 is 0 Å². The number of hydrogen-bond donors (Lipinski definition) is 2. The van der Waals surface area contributed by atoms with Crippen molar-refractivity contribution in [1.82, 2.24) is 39.6 Å². The van der Waals surface area contributed by atoms with Gasteiger partial charge >= 0.3 is 5.97 Å². The van der Waals surface area contributed by atoms with Gasteiger partial charge in [-0.15, -0.1) is 0 Å². The molecule has 0 bridgehead atoms. The molecule has 256 valence electrons. The molecular formula is C35H36N10O5. The van der Waals surface area contributed by atoms with Crippen LogP contribution in [0.15, 0.2) is 49.1 Å². The summed E-state index contributed by atoms with van der Waals surface area (Å²) < 4.78 is 20.7. The van der Waals surface area contributed by atoms with Gasteiger partial charge in [-0.2, -0.15) is 15.5 Å². The Hall–Kier alpha value is -5.75. The number of nitrogens with zero attached hydrogens (tertiary/aromatic N) is 8. The van der Waals surface area contributed by atoms with Gasteiger partial charge in [0.05, 0.1) is 59.1 Å². The summed E-state index contributed by atoms with van der Waals surface area (Å²) in [6.07, 6.45) is 9.46. The van der Waals surface area contributed by atoms with E-state index in [1.807, 2.05) is 30.5 Å². The number of nitrogens with one attached hydrogen (secondary N) is 2. The van der Waals surface area contributed by atoms with Gasteiger partial charge in [-0.05, 0) is 38.1 Å². The number of piperidine rings is 1. The van der Waals surface area contributed by atoms with E-state index in [1.54, 1.807) is 34.9 Å². The van der Waals surface area contributed by atoms with Crippen LogP contribution in [0.4, 0.5) is 5.69 Å². The zero-order valence-corrected chi connectivity index (χ0v) is 27.5. The number of carbonyl (C=O) groups is 2. The summed E-state index contributed by atoms with van der Waals surface area (Å²) in [6.45, 7) is 3.71. The van der Waals surface area contributed by atoms with Crippen molar-refractivity contribution >= 4 is 34.1 Å². The van der Waals surface area contributed by atoms with Crippen LogP contribution in [0.25, 0.3) is 33.5 Å². The summed E-state index contributed by atoms with van der Waals surface area (Å²) in [5.74, 6) is 0.605. The van der Waals surface area contributed by atoms with Crippen molar-refractivity contribution in [1.29, 1.82) is 5.26 Å². The number of nitriles is 1. The molecule has 15 heteroatoms. The largest absolute Gasteiger partial charge is 0.494 e. The fourth-order valence-corrected chi connectivity index (χ4v) is 6.83. The molecule has 1 aromatic carbocycles. The summed E-state index contributed by atoms with van der Waals surface area (Å²) in [5, 5.41) is 25.2. The molecule has 3 aliphatic rings. The first-order valence-electron chi connectivity index (χ1n) is 16.9. The molecule has 2 fully saturated rings. The van der Waals surface area contributed by atoms with Gasteiger partial charge in [-0.25, -0.2) is 14.2 Å². The lowest BCUT2D eigenvalue weighted by molar-refractivity contribution is -0.161. The molecule has 5 aromatic rings. The monoisotopic (exact) mass is 676 g/mol. The number of anilines is 1. The van der Waals surface area contributed by atoms with Crippen LogP contribution in [0.2, 0.25) is 0 Å². The second-order valence-corrected chi connectivity index (χ2v) is 12.8. The molecule has 15 nitrogen and oxygen atoms in total. The van der Waals surface area contributed by atoms with Crippen molar-refractivity contribution in [3.8, 4) is 34.5 Å². The Labute approximate surface area is 287 Å². The third-order valence-corrected chi connectivity index (χ3v) is 9.71. The molecule has 2 N–H and O–H groups in total. The van der Waals surface area contributed by atoms with Crippen LogP contribution in [-0.2, 0) is 9.53 Å². The molecule has 1 aliphatic carbocycles. The average Bonchev–Trinajstić information content (AvgIpc) is 3.74. The maximum Gasteiger partial charge on any atom is 0.309 e. The second kappa shape index (κ2) is 13.3. The Balaban J connectivity index is 1.01. The first-order valence-corrected chi connectivity index (χ1v) is 16.9. The highest BCUT2D eigenvalue weighted by molar-refractivity contribution is 6.05. The van der Waals surface area contributed by atoms with Gasteiger partial charge in [0, 0.05) is 63.2 Å². The summed E-state index contributed by atoms with van der Waals surface area (Å²) in [7, 11) is 1.59. The van der Waals surface area contributed by atoms with Crippen molar-refractivity contribution in [2.45, 2.75) is 31.8 Å². The van der Waals surface area contributed by atoms with E-state index in [1.165, 1.54) is 0 Å². The number of pyridine rings is 1. The van der Waals surface area contributed by atoms with Crippen molar-refractivity contribution < 1.29 is 23.8 Å². The molecule has 1 saturated carbocycles. The molecule has 0 spiro atoms. The van der Waals surface area contributed by atoms with Gasteiger partial charge in [-0.1, -0.05) is 0 Å². The van der Waals surface area contributed by atoms with Crippen LogP contribution in [0, 0.1) is 23.2 Å². The predicted molar refractivity (Wildman–Crippen MR) is 181 cm³/mol. The number of rotatable bonds is 9. The first kappa shape index (κ1) is 31.5. The summed E-state index contributed by atoms with van der Waals surface area (Å²) >= 11 is 0. The number of esters is 1. The third kappa shape index (κ3) is 5.91. The van der Waals surface area contributed by atoms with Crippen molar-refractivity contribution in [2.24, 2.45) is 11.8 Å². The lowest BCUT2D eigenvalue weighted by Crippen LogP contribution is -2.42. The fourth-order valence-electron chi connectivity index (χ4n) is 6.83. The van der Waals surface area contributed by atoms with E-state index in [0.717, 1.165) is 24.3 Å². The van der Waals surface area contributed by atoms with E-state index < -0.39 is 0 Å². The smallest absolute Gasteiger partial charge is 0.309 e. The molecular weight excluding hydrogens is 640 g/mol. The summed E-state index contributed by atoms with van der Waals surface area (Å²) in [6, 6.07) is 9.64. The predicted octanol–water partition coefficient (Wildman–Crippen LogP) is 3.23. The molecule has 1 amide bonds. The van der Waals surface area contributed by atoms with Gasteiger partial charge in [-0.3, -0.25) is 14.6 Å². The first-order chi connectivity index (χ1) is 24.5. The molecule has 50 heavy (non-hydrogen) atoms. The number of fused-ring (bicyclic) bond motifs is 3. The molecule has 1 saturated heterocycles. The number of hydrogen-bond acceptors (Lipinski definition) is 12. The molecule has 6 heterocycles. The van der Waals surface area contributed by atoms with Crippen molar-refractivity contribution in [2.75, 3.05) is 51.8 Å². The number of likely N-dealkylation sites (tertiary alicyclic amines) is 1. The quantitative estimate of drug-likeness (QED) is 0.219. The Kier molecular flexibility index (Phi) is 8.37. The highest BCUT2D eigenvalue weighted by Gasteiger charge is 2.35. The van der Waals surface area contributed by atoms with Crippen molar-refractivity contribution in [3.05, 3.63) is 54.7 Å². The Morgan fingerprint density at radius 2 is 2.02 bits per heavy atom. The Morgan fingerprint density at radius 3 is 2.84 bits per heavy atom. The van der Waals surface area contributed by atoms with Gasteiger partial charge in [0.2, 0.25) is 0 Å². The summed E-state index contributed by atoms with van der Waals surface area (Å²) in [4.78, 5) is 37.8. The topological polar surface area (TPSA) is 174 Å². The number of aromatic nitrogens is 6. The number of methoxy groups -OCH3 is 1. The standard InChI is InChI=1S/C35H36N10O5/c1-48-31-16-27-30(49-12-7-37-27)17-29(31)45-28-15-26(24-20-41-44-8-2-5-38-33(24)44)40-19-25(28)32(42-45)34(46)39-6-11-43-9-3-22(4-10-43)35(47)50-23-13-21(14-23)18-36/h2,5,8,15-17,19-23,37H,3-4,6-7,9-14H2,1H3,(H,39,46). The number of benzene rings is 1. The van der Waals surface area contributed by atoms with E-state index in [4.69, 9.17) is 29.6 Å². The Morgan fingerprint density at radius 1 is 1.16 bits per heavy atom. The molecule has 0 unspecified atom stereocenters. The van der Waals surface area contributed by atoms with Gasteiger partial charge in [0.1, 0.15) is 29.9 Å². The molecule has 0 atom stereocenters. The highest BCUT2D eigenvalue weighted by atomic mass is 16.5. The lowest BCUT2D eigenvalue weighted by Gasteiger charge is -2.34. The van der Waals surface area contributed by atoms with E-state index in [-0.39, 0.29) is 35.5 Å². The zero-order chi connectivity index (χ0) is 34.2. The number of amides is 1. The number of carbonyl (C=O) groups excluding carboxylic acids is 2. The normalized spacial score (nSPS) is 19.1. The minimum atomic E-state index is -0.328. The SMILES string of the molecule is COc1cc2c(cc1-n1nc(C(=O)NCCN3CCC(C(=O)OC4CC(C#N)C4)CC3)c3cnc(-c4cnn5cccnc45)cc31)OCCN2.